The van der Waals surface area contributed by atoms with Crippen LogP contribution in [-0.2, 0) is 11.8 Å². The number of nitrogens with two attached hydrogens (primary N) is 1. The first-order valence-electron chi connectivity index (χ1n) is 11.8. The summed E-state index contributed by atoms with van der Waals surface area (Å²) in [6.45, 7) is 5.96. The molecule has 1 fully saturated rings. The van der Waals surface area contributed by atoms with Crippen LogP contribution in [0.5, 0.6) is 0 Å². The van der Waals surface area contributed by atoms with Gasteiger partial charge in [-0.3, -0.25) is 14.3 Å². The van der Waals surface area contributed by atoms with Crippen LogP contribution in [0.2, 0.25) is 0 Å². The van der Waals surface area contributed by atoms with Gasteiger partial charge in [0.25, 0.3) is 11.8 Å². The van der Waals surface area contributed by atoms with Crippen LogP contribution in [0, 0.1) is 11.3 Å². The second kappa shape index (κ2) is 13.3. The number of likely N-dealkylation sites (tertiary alicyclic amines) is 1. The summed E-state index contributed by atoms with van der Waals surface area (Å²) in [6, 6.07) is 11.7. The van der Waals surface area contributed by atoms with Gasteiger partial charge in [0.1, 0.15) is 5.69 Å². The Morgan fingerprint density at radius 3 is 2.53 bits per heavy atom. The van der Waals surface area contributed by atoms with E-state index in [1.807, 2.05) is 49.1 Å². The fraction of sp³-hybridized carbons (Fsp3) is 0.407. The maximum atomic E-state index is 13.1. The number of anilines is 1. The smallest absolute Gasteiger partial charge is 0.272 e. The number of aryl methyl sites for hydroxylation is 1. The molecule has 0 saturated carbocycles. The maximum absolute atomic E-state index is 13.1. The van der Waals surface area contributed by atoms with Gasteiger partial charge < -0.3 is 21.3 Å². The number of hydrogen-bond acceptors (Lipinski definition) is 6. The largest absolute Gasteiger partial charge is 0.404 e. The minimum Gasteiger partial charge on any atom is -0.404 e. The van der Waals surface area contributed by atoms with E-state index in [2.05, 4.69) is 21.8 Å². The molecule has 9 nitrogen and oxygen atoms in total. The molecule has 1 aromatic carbocycles. The molecular formula is C27H41N7O2. The van der Waals surface area contributed by atoms with Gasteiger partial charge in [0, 0.05) is 47.8 Å². The van der Waals surface area contributed by atoms with E-state index in [1.165, 1.54) is 16.4 Å². The highest BCUT2D eigenvalue weighted by atomic mass is 16.2. The molecule has 9 heteroatoms. The van der Waals surface area contributed by atoms with E-state index in [0.717, 1.165) is 12.8 Å². The van der Waals surface area contributed by atoms with Gasteiger partial charge in [0.15, 0.2) is 5.82 Å². The number of carbonyl (C=O) groups is 2. The topological polar surface area (TPSA) is 129 Å². The number of benzene rings is 1. The van der Waals surface area contributed by atoms with Gasteiger partial charge in [-0.15, -0.1) is 0 Å². The third-order valence-electron chi connectivity index (χ3n) is 6.02. The molecule has 0 atom stereocenters. The van der Waals surface area contributed by atoms with Crippen molar-refractivity contribution in [3.8, 4) is 6.07 Å². The van der Waals surface area contributed by atoms with Gasteiger partial charge >= 0.3 is 0 Å². The molecule has 0 unspecified atom stereocenters. The third kappa shape index (κ3) is 7.30. The van der Waals surface area contributed by atoms with Crippen molar-refractivity contribution >= 4 is 17.6 Å². The molecule has 0 spiro atoms. The predicted octanol–water partition coefficient (Wildman–Crippen LogP) is 3.77. The minimum atomic E-state index is -0.395. The van der Waals surface area contributed by atoms with Gasteiger partial charge in [-0.1, -0.05) is 45.6 Å². The molecular weight excluding hydrogens is 454 g/mol. The predicted molar refractivity (Wildman–Crippen MR) is 146 cm³/mol. The zero-order chi connectivity index (χ0) is 25.4. The number of nitrogens with zero attached hydrogens (tertiary/aromatic N) is 4. The molecule has 0 bridgehead atoms. The van der Waals surface area contributed by atoms with Crippen LogP contribution in [0.15, 0.2) is 54.3 Å². The second-order valence-electron chi connectivity index (χ2n) is 8.88. The summed E-state index contributed by atoms with van der Waals surface area (Å²) < 4.78 is 1.48. The lowest BCUT2D eigenvalue weighted by atomic mass is 9.89. The summed E-state index contributed by atoms with van der Waals surface area (Å²) in [5.41, 5.74) is 8.18. The Kier molecular flexibility index (Phi) is 10.4. The zero-order valence-corrected chi connectivity index (χ0v) is 20.5. The van der Waals surface area contributed by atoms with E-state index in [4.69, 9.17) is 11.0 Å². The first-order chi connectivity index (χ1) is 16.8. The molecule has 1 aliphatic rings. The lowest BCUT2D eigenvalue weighted by Gasteiger charge is -2.32. The van der Waals surface area contributed by atoms with E-state index in [0.29, 0.717) is 54.2 Å². The Bertz CT molecular complexity index is 1140. The molecule has 4 N–H and O–H groups in total. The lowest BCUT2D eigenvalue weighted by molar-refractivity contribution is -0.112. The Balaban J connectivity index is 0.00000456. The van der Waals surface area contributed by atoms with Gasteiger partial charge in [-0.25, -0.2) is 0 Å². The molecule has 1 aromatic heterocycles. The molecule has 2 amide bonds. The van der Waals surface area contributed by atoms with Crippen LogP contribution >= 0.6 is 0 Å². The Morgan fingerprint density at radius 1 is 1.28 bits per heavy atom. The fourth-order valence-electron chi connectivity index (χ4n) is 4.02. The Hall–Kier alpha value is -3.90. The number of nitriles is 1. The standard InChI is InChI=1S/C26H33N7O2.CH4.2H2/c1-18(2)29-12-4-5-22(17-28)25(34)30-24-15-23(32(3)31-24)26(35)33-13-10-21(11-14-33)20-8-6-19(16-27)7-9-20;;;/h4-9,15,17-18,21,29H,10-14,28H2,1-3H3,(H,30,31,34);1H4;2*1H/b5-4-,22-17+;;;. The molecule has 0 radical (unpaired) electrons. The molecule has 1 aliphatic heterocycles. The molecule has 196 valence electrons. The minimum absolute atomic E-state index is 0. The van der Waals surface area contributed by atoms with Crippen molar-refractivity contribution in [1.29, 1.82) is 5.26 Å². The summed E-state index contributed by atoms with van der Waals surface area (Å²) in [6.07, 6.45) is 6.42. The summed E-state index contributed by atoms with van der Waals surface area (Å²) in [5.74, 6) is 0.140. The first-order valence-corrected chi connectivity index (χ1v) is 11.8. The molecule has 36 heavy (non-hydrogen) atoms. The summed E-state index contributed by atoms with van der Waals surface area (Å²) in [7, 11) is 1.68. The van der Waals surface area contributed by atoms with Crippen LogP contribution in [0.1, 0.15) is 64.5 Å². The monoisotopic (exact) mass is 495 g/mol. The van der Waals surface area contributed by atoms with Crippen molar-refractivity contribution in [3.63, 3.8) is 0 Å². The highest BCUT2D eigenvalue weighted by Crippen LogP contribution is 2.29. The van der Waals surface area contributed by atoms with Crippen LogP contribution in [0.4, 0.5) is 5.82 Å². The summed E-state index contributed by atoms with van der Waals surface area (Å²) in [5, 5.41) is 19.2. The Morgan fingerprint density at radius 2 is 1.94 bits per heavy atom. The molecule has 1 saturated heterocycles. The van der Waals surface area contributed by atoms with E-state index in [-0.39, 0.29) is 16.2 Å². The van der Waals surface area contributed by atoms with Gasteiger partial charge in [0.2, 0.25) is 0 Å². The average Bonchev–Trinajstić information content (AvgIpc) is 3.23. The van der Waals surface area contributed by atoms with Crippen molar-refractivity contribution in [2.24, 2.45) is 12.8 Å². The fourth-order valence-corrected chi connectivity index (χ4v) is 4.02. The van der Waals surface area contributed by atoms with Crippen LogP contribution in [0.3, 0.4) is 0 Å². The zero-order valence-electron chi connectivity index (χ0n) is 20.5. The molecule has 0 aliphatic carbocycles. The molecule has 2 heterocycles. The van der Waals surface area contributed by atoms with E-state index >= 15 is 0 Å². The van der Waals surface area contributed by atoms with Crippen molar-refractivity contribution in [2.75, 3.05) is 25.0 Å². The van der Waals surface area contributed by atoms with Crippen molar-refractivity contribution < 1.29 is 12.4 Å². The SMILES string of the molecule is C.CC(C)NC/C=C\C(=C/N)C(=O)Nc1cc(C(=O)N2CCC(c3ccc(C#N)cc3)CC2)n(C)n1.[HH].[HH]. The van der Waals surface area contributed by atoms with Crippen molar-refractivity contribution in [1.82, 2.24) is 20.0 Å². The number of piperidine rings is 1. The third-order valence-corrected chi connectivity index (χ3v) is 6.02. The van der Waals surface area contributed by atoms with Crippen LogP contribution in [-0.4, -0.2) is 52.2 Å². The van der Waals surface area contributed by atoms with E-state index in [9.17, 15) is 9.59 Å². The summed E-state index contributed by atoms with van der Waals surface area (Å²) in [4.78, 5) is 27.5. The van der Waals surface area contributed by atoms with Gasteiger partial charge in [0.05, 0.1) is 17.2 Å². The van der Waals surface area contributed by atoms with Crippen LogP contribution < -0.4 is 16.4 Å². The van der Waals surface area contributed by atoms with E-state index in [1.54, 1.807) is 19.2 Å². The number of hydrogen-bond donors (Lipinski definition) is 3. The highest BCUT2D eigenvalue weighted by Gasteiger charge is 2.27. The van der Waals surface area contributed by atoms with Gasteiger partial charge in [-0.05, 0) is 36.5 Å². The number of rotatable bonds is 8. The lowest BCUT2D eigenvalue weighted by Crippen LogP contribution is -2.38. The number of carbonyl (C=O) groups excluding carboxylic acids is 2. The molecule has 3 rings (SSSR count). The van der Waals surface area contributed by atoms with Gasteiger partial charge in [-0.2, -0.15) is 10.4 Å². The van der Waals surface area contributed by atoms with Crippen molar-refractivity contribution in [2.45, 2.75) is 46.1 Å². The van der Waals surface area contributed by atoms with Crippen LogP contribution in [0.25, 0.3) is 0 Å². The number of nitrogens with one attached hydrogen (secondary N) is 2. The number of aromatic nitrogens is 2. The second-order valence-corrected chi connectivity index (χ2v) is 8.88. The highest BCUT2D eigenvalue weighted by molar-refractivity contribution is 6.05. The average molecular weight is 496 g/mol. The molecule has 2 aromatic rings. The maximum Gasteiger partial charge on any atom is 0.272 e. The first kappa shape index (κ1) is 28.3. The number of amides is 2. The summed E-state index contributed by atoms with van der Waals surface area (Å²) >= 11 is 0. The quantitative estimate of drug-likeness (QED) is 0.378. The Labute approximate surface area is 216 Å². The normalized spacial score (nSPS) is 14.5. The van der Waals surface area contributed by atoms with Crippen molar-refractivity contribution in [3.05, 3.63) is 71.1 Å². The van der Waals surface area contributed by atoms with E-state index < -0.39 is 5.91 Å².